The van der Waals surface area contributed by atoms with E-state index in [2.05, 4.69) is 15.3 Å². The van der Waals surface area contributed by atoms with Crippen LogP contribution in [0.15, 0.2) is 28.5 Å². The van der Waals surface area contributed by atoms with Gasteiger partial charge in [-0.25, -0.2) is 4.68 Å². The van der Waals surface area contributed by atoms with Gasteiger partial charge in [-0.2, -0.15) is 10.2 Å². The zero-order valence-electron chi connectivity index (χ0n) is 9.79. The molecule has 0 amide bonds. The van der Waals surface area contributed by atoms with Gasteiger partial charge in [0.25, 0.3) is 0 Å². The molecule has 0 spiro atoms. The molecule has 8 heteroatoms. The Balaban J connectivity index is 0.00000180. The number of hydrogen-bond acceptors (Lipinski definition) is 4. The molecule has 0 unspecified atom stereocenters. The van der Waals surface area contributed by atoms with Crippen molar-refractivity contribution in [2.75, 3.05) is 0 Å². The summed E-state index contributed by atoms with van der Waals surface area (Å²) in [6.07, 6.45) is 2.31. The molecule has 0 aliphatic rings. The van der Waals surface area contributed by atoms with Crippen LogP contribution in [0.5, 0.6) is 0 Å². The SMILES string of the molecule is CCc1nnc([S-])n1N=Cc1ccc(Cl)cc1Cl.[Ni+2]. The van der Waals surface area contributed by atoms with E-state index in [1.807, 2.05) is 6.92 Å². The van der Waals surface area contributed by atoms with E-state index in [4.69, 9.17) is 35.8 Å². The molecule has 0 fully saturated rings. The molecule has 4 nitrogen and oxygen atoms in total. The molecule has 2 aromatic rings. The van der Waals surface area contributed by atoms with Gasteiger partial charge >= 0.3 is 16.5 Å². The summed E-state index contributed by atoms with van der Waals surface area (Å²) in [6.45, 7) is 1.96. The fraction of sp³-hybridized carbons (Fsp3) is 0.182. The summed E-state index contributed by atoms with van der Waals surface area (Å²) in [7, 11) is 0. The smallest absolute Gasteiger partial charge is 0.738 e. The molecule has 0 aliphatic carbocycles. The van der Waals surface area contributed by atoms with Crippen molar-refractivity contribution in [1.29, 1.82) is 0 Å². The standard InChI is InChI=1S/C11H10Cl2N4S.Ni/c1-2-10-15-16-11(18)17(10)14-6-7-3-4-8(12)5-9(7)13;/h3-6H,2H2,1H3,(H,16,18);/q;+2/p-1. The molecule has 0 atom stereocenters. The van der Waals surface area contributed by atoms with Gasteiger partial charge in [0.1, 0.15) is 0 Å². The summed E-state index contributed by atoms with van der Waals surface area (Å²) in [5.74, 6) is 0.710. The van der Waals surface area contributed by atoms with Crippen LogP contribution < -0.4 is 0 Å². The quantitative estimate of drug-likeness (QED) is 0.481. The number of aryl methyl sites for hydroxylation is 1. The van der Waals surface area contributed by atoms with Crippen molar-refractivity contribution < 1.29 is 16.5 Å². The van der Waals surface area contributed by atoms with Crippen molar-refractivity contribution >= 4 is 42.0 Å². The molecule has 1 aromatic carbocycles. The first kappa shape index (κ1) is 16.4. The molecule has 0 saturated heterocycles. The second-order valence-electron chi connectivity index (χ2n) is 3.47. The van der Waals surface area contributed by atoms with E-state index in [0.29, 0.717) is 27.4 Å². The average Bonchev–Trinajstić information content (AvgIpc) is 2.69. The largest absolute Gasteiger partial charge is 2.00 e. The second-order valence-corrected chi connectivity index (χ2v) is 4.68. The number of benzene rings is 1. The predicted octanol–water partition coefficient (Wildman–Crippen LogP) is 2.93. The van der Waals surface area contributed by atoms with Crippen molar-refractivity contribution in [3.8, 4) is 0 Å². The van der Waals surface area contributed by atoms with E-state index in [1.54, 1.807) is 24.4 Å². The summed E-state index contributed by atoms with van der Waals surface area (Å²) < 4.78 is 1.51. The maximum Gasteiger partial charge on any atom is 2.00 e. The molecule has 1 aromatic heterocycles. The van der Waals surface area contributed by atoms with Crippen LogP contribution in [0.4, 0.5) is 0 Å². The summed E-state index contributed by atoms with van der Waals surface area (Å²) in [6, 6.07) is 5.19. The molecule has 0 bridgehead atoms. The Labute approximate surface area is 136 Å². The van der Waals surface area contributed by atoms with Gasteiger partial charge in [-0.1, -0.05) is 36.2 Å². The summed E-state index contributed by atoms with van der Waals surface area (Å²) >= 11 is 16.9. The molecular formula is C11H9Cl2N4NiS+. The molecule has 2 rings (SSSR count). The van der Waals surface area contributed by atoms with E-state index in [1.165, 1.54) is 4.68 Å². The van der Waals surface area contributed by atoms with Gasteiger partial charge in [-0.3, -0.25) is 0 Å². The van der Waals surface area contributed by atoms with Crippen LogP contribution >= 0.6 is 23.2 Å². The molecular weight excluding hydrogens is 350 g/mol. The topological polar surface area (TPSA) is 43.1 Å². The predicted molar refractivity (Wildman–Crippen MR) is 74.5 cm³/mol. The monoisotopic (exact) mass is 357 g/mol. The van der Waals surface area contributed by atoms with Crippen molar-refractivity contribution in [2.45, 2.75) is 18.5 Å². The van der Waals surface area contributed by atoms with Crippen LogP contribution in [-0.2, 0) is 35.5 Å². The van der Waals surface area contributed by atoms with E-state index >= 15 is 0 Å². The number of hydrogen-bond donors (Lipinski definition) is 0. The Morgan fingerprint density at radius 1 is 1.37 bits per heavy atom. The Bertz CT molecular complexity index is 600. The van der Waals surface area contributed by atoms with Crippen LogP contribution in [0, 0.1) is 0 Å². The van der Waals surface area contributed by atoms with Crippen LogP contribution in [-0.4, -0.2) is 21.1 Å². The molecule has 19 heavy (non-hydrogen) atoms. The maximum atomic E-state index is 6.04. The summed E-state index contributed by atoms with van der Waals surface area (Å²) in [4.78, 5) is 0. The van der Waals surface area contributed by atoms with Gasteiger partial charge in [-0.05, 0) is 12.1 Å². The van der Waals surface area contributed by atoms with Gasteiger partial charge in [0.05, 0.1) is 11.2 Å². The molecule has 0 saturated carbocycles. The third-order valence-corrected chi connectivity index (χ3v) is 3.08. The van der Waals surface area contributed by atoms with Crippen molar-refractivity contribution in [3.63, 3.8) is 0 Å². The van der Waals surface area contributed by atoms with Crippen LogP contribution in [0.3, 0.4) is 0 Å². The Morgan fingerprint density at radius 3 is 2.74 bits per heavy atom. The first-order valence-corrected chi connectivity index (χ1v) is 6.39. The van der Waals surface area contributed by atoms with Gasteiger partial charge in [0, 0.05) is 22.2 Å². The Kier molecular flexibility index (Phi) is 6.20. The van der Waals surface area contributed by atoms with Gasteiger partial charge < -0.3 is 12.6 Å². The van der Waals surface area contributed by atoms with Crippen molar-refractivity contribution in [1.82, 2.24) is 14.9 Å². The third kappa shape index (κ3) is 3.89. The maximum absolute atomic E-state index is 6.04. The summed E-state index contributed by atoms with van der Waals surface area (Å²) in [5, 5.41) is 13.4. The number of aromatic nitrogens is 3. The van der Waals surface area contributed by atoms with E-state index in [-0.39, 0.29) is 16.5 Å². The number of nitrogens with zero attached hydrogens (tertiary/aromatic N) is 4. The fourth-order valence-corrected chi connectivity index (χ4v) is 2.01. The zero-order chi connectivity index (χ0) is 13.1. The molecule has 0 aliphatic heterocycles. The van der Waals surface area contributed by atoms with Gasteiger partial charge in [0.2, 0.25) is 0 Å². The van der Waals surface area contributed by atoms with Crippen molar-refractivity contribution in [2.24, 2.45) is 5.10 Å². The normalized spacial score (nSPS) is 10.7. The number of rotatable bonds is 3. The first-order valence-electron chi connectivity index (χ1n) is 5.22. The van der Waals surface area contributed by atoms with E-state index in [9.17, 15) is 0 Å². The number of halogens is 2. The summed E-state index contributed by atoms with van der Waals surface area (Å²) in [5.41, 5.74) is 0.756. The Morgan fingerprint density at radius 2 is 2.11 bits per heavy atom. The molecule has 0 N–H and O–H groups in total. The zero-order valence-corrected chi connectivity index (χ0v) is 13.1. The minimum atomic E-state index is 0. The first-order chi connectivity index (χ1) is 8.61. The van der Waals surface area contributed by atoms with Crippen LogP contribution in [0.2, 0.25) is 10.0 Å². The fourth-order valence-electron chi connectivity index (χ4n) is 1.36. The van der Waals surface area contributed by atoms with Gasteiger partial charge in [-0.15, -0.1) is 5.10 Å². The minimum Gasteiger partial charge on any atom is -0.738 e. The average molecular weight is 359 g/mol. The van der Waals surface area contributed by atoms with E-state index < -0.39 is 0 Å². The van der Waals surface area contributed by atoms with Crippen LogP contribution in [0.1, 0.15) is 18.3 Å². The molecule has 102 valence electrons. The van der Waals surface area contributed by atoms with Gasteiger partial charge in [0.15, 0.2) is 5.82 Å². The minimum absolute atomic E-state index is 0. The van der Waals surface area contributed by atoms with E-state index in [0.717, 1.165) is 5.56 Å². The molecule has 1 heterocycles. The molecule has 0 radical (unpaired) electrons. The van der Waals surface area contributed by atoms with Crippen molar-refractivity contribution in [3.05, 3.63) is 39.6 Å². The Hall–Kier alpha value is -0.676. The third-order valence-electron chi connectivity index (χ3n) is 2.27. The second kappa shape index (κ2) is 7.20. The van der Waals surface area contributed by atoms with Crippen LogP contribution in [0.25, 0.3) is 0 Å².